The highest BCUT2D eigenvalue weighted by Crippen LogP contribution is 2.16. The predicted octanol–water partition coefficient (Wildman–Crippen LogP) is 0.712. The zero-order valence-electron chi connectivity index (χ0n) is 9.19. The number of aryl methyl sites for hydroxylation is 1. The monoisotopic (exact) mass is 218 g/mol. The lowest BCUT2D eigenvalue weighted by molar-refractivity contribution is -0.138. The first-order chi connectivity index (χ1) is 7.72. The van der Waals surface area contributed by atoms with E-state index in [1.165, 1.54) is 10.5 Å². The van der Waals surface area contributed by atoms with E-state index < -0.39 is 11.8 Å². The molecule has 0 radical (unpaired) electrons. The molecule has 1 aromatic carbocycles. The standard InChI is InChI=1S/C12H14N2O2/c1-2-9-3-5-10(6-4-9)14-8-7-13-11(15)12(14)16/h3-6H,2,7-8H2,1H3,(H,13,15). The maximum absolute atomic E-state index is 11.6. The summed E-state index contributed by atoms with van der Waals surface area (Å²) in [6.07, 6.45) is 0.967. The van der Waals surface area contributed by atoms with Gasteiger partial charge >= 0.3 is 11.8 Å². The van der Waals surface area contributed by atoms with E-state index in [9.17, 15) is 9.59 Å². The van der Waals surface area contributed by atoms with E-state index in [1.54, 1.807) is 0 Å². The molecule has 0 bridgehead atoms. The highest BCUT2D eigenvalue weighted by molar-refractivity contribution is 6.41. The van der Waals surface area contributed by atoms with Gasteiger partial charge in [-0.3, -0.25) is 9.59 Å². The Morgan fingerprint density at radius 1 is 1.25 bits per heavy atom. The van der Waals surface area contributed by atoms with Crippen LogP contribution >= 0.6 is 0 Å². The summed E-state index contributed by atoms with van der Waals surface area (Å²) in [6, 6.07) is 7.73. The van der Waals surface area contributed by atoms with Crippen molar-refractivity contribution in [3.8, 4) is 0 Å². The van der Waals surface area contributed by atoms with Gasteiger partial charge in [0.25, 0.3) is 0 Å². The molecule has 16 heavy (non-hydrogen) atoms. The number of hydrogen-bond acceptors (Lipinski definition) is 2. The van der Waals surface area contributed by atoms with Crippen molar-refractivity contribution in [3.63, 3.8) is 0 Å². The molecule has 1 aromatic rings. The van der Waals surface area contributed by atoms with Gasteiger partial charge < -0.3 is 10.2 Å². The molecule has 2 amide bonds. The third kappa shape index (κ3) is 1.91. The summed E-state index contributed by atoms with van der Waals surface area (Å²) in [4.78, 5) is 24.3. The van der Waals surface area contributed by atoms with Crippen LogP contribution in [-0.4, -0.2) is 24.9 Å². The van der Waals surface area contributed by atoms with Crippen molar-refractivity contribution < 1.29 is 9.59 Å². The second-order valence-corrected chi connectivity index (χ2v) is 3.73. The van der Waals surface area contributed by atoms with Crippen LogP contribution in [0.15, 0.2) is 24.3 Å². The van der Waals surface area contributed by atoms with Crippen molar-refractivity contribution in [2.24, 2.45) is 0 Å². The van der Waals surface area contributed by atoms with Gasteiger partial charge in [0.2, 0.25) is 0 Å². The van der Waals surface area contributed by atoms with Crippen molar-refractivity contribution in [2.45, 2.75) is 13.3 Å². The van der Waals surface area contributed by atoms with E-state index in [2.05, 4.69) is 12.2 Å². The van der Waals surface area contributed by atoms with Crippen LogP contribution in [0.4, 0.5) is 5.69 Å². The normalized spacial score (nSPS) is 16.2. The number of carbonyl (C=O) groups excluding carboxylic acids is 2. The quantitative estimate of drug-likeness (QED) is 0.743. The molecule has 4 heteroatoms. The molecule has 4 nitrogen and oxygen atoms in total. The van der Waals surface area contributed by atoms with Crippen molar-refractivity contribution in [2.75, 3.05) is 18.0 Å². The highest BCUT2D eigenvalue weighted by Gasteiger charge is 2.26. The number of benzene rings is 1. The summed E-state index contributed by atoms with van der Waals surface area (Å²) < 4.78 is 0. The summed E-state index contributed by atoms with van der Waals surface area (Å²) in [5.74, 6) is -0.999. The Hall–Kier alpha value is -1.84. The molecular formula is C12H14N2O2. The molecule has 0 saturated carbocycles. The van der Waals surface area contributed by atoms with E-state index in [1.807, 2.05) is 24.3 Å². The number of carbonyl (C=O) groups is 2. The Balaban J connectivity index is 2.22. The zero-order chi connectivity index (χ0) is 11.5. The number of nitrogens with one attached hydrogen (secondary N) is 1. The summed E-state index contributed by atoms with van der Waals surface area (Å²) in [5.41, 5.74) is 2.01. The van der Waals surface area contributed by atoms with Crippen LogP contribution in [0.25, 0.3) is 0 Å². The van der Waals surface area contributed by atoms with Crippen molar-refractivity contribution in [1.82, 2.24) is 5.32 Å². The van der Waals surface area contributed by atoms with Gasteiger partial charge in [-0.05, 0) is 24.1 Å². The zero-order valence-corrected chi connectivity index (χ0v) is 9.19. The molecular weight excluding hydrogens is 204 g/mol. The lowest BCUT2D eigenvalue weighted by Crippen LogP contribution is -2.52. The summed E-state index contributed by atoms with van der Waals surface area (Å²) in [6.45, 7) is 3.13. The Morgan fingerprint density at radius 2 is 1.94 bits per heavy atom. The van der Waals surface area contributed by atoms with Crippen LogP contribution in [0.2, 0.25) is 0 Å². The molecule has 0 aliphatic carbocycles. The van der Waals surface area contributed by atoms with Crippen LogP contribution in [0.3, 0.4) is 0 Å². The minimum Gasteiger partial charge on any atom is -0.346 e. The number of nitrogens with zero attached hydrogens (tertiary/aromatic N) is 1. The van der Waals surface area contributed by atoms with Crippen LogP contribution in [0.1, 0.15) is 12.5 Å². The smallest absolute Gasteiger partial charge is 0.316 e. The SMILES string of the molecule is CCc1ccc(N2CCNC(=O)C2=O)cc1. The van der Waals surface area contributed by atoms with Crippen LogP contribution in [0.5, 0.6) is 0 Å². The summed E-state index contributed by atoms with van der Waals surface area (Å²) in [5, 5.41) is 2.52. The van der Waals surface area contributed by atoms with Crippen LogP contribution in [0, 0.1) is 0 Å². The number of rotatable bonds is 2. The predicted molar refractivity (Wildman–Crippen MR) is 61.2 cm³/mol. The van der Waals surface area contributed by atoms with Crippen LogP contribution in [-0.2, 0) is 16.0 Å². The Morgan fingerprint density at radius 3 is 2.56 bits per heavy atom. The first-order valence-corrected chi connectivity index (χ1v) is 5.41. The number of amides is 2. The molecule has 0 atom stereocenters. The fraction of sp³-hybridized carbons (Fsp3) is 0.333. The Kier molecular flexibility index (Phi) is 2.90. The number of anilines is 1. The Labute approximate surface area is 94.2 Å². The maximum atomic E-state index is 11.6. The van der Waals surface area contributed by atoms with Gasteiger partial charge in [0, 0.05) is 18.8 Å². The first-order valence-electron chi connectivity index (χ1n) is 5.41. The molecule has 84 valence electrons. The minimum absolute atomic E-state index is 0.476. The fourth-order valence-electron chi connectivity index (χ4n) is 1.74. The van der Waals surface area contributed by atoms with E-state index >= 15 is 0 Å². The van der Waals surface area contributed by atoms with Gasteiger partial charge in [-0.15, -0.1) is 0 Å². The van der Waals surface area contributed by atoms with Crippen molar-refractivity contribution in [3.05, 3.63) is 29.8 Å². The second-order valence-electron chi connectivity index (χ2n) is 3.73. The lowest BCUT2D eigenvalue weighted by Gasteiger charge is -2.26. The van der Waals surface area contributed by atoms with E-state index in [-0.39, 0.29) is 0 Å². The minimum atomic E-state index is -0.522. The van der Waals surface area contributed by atoms with Gasteiger partial charge in [0.15, 0.2) is 0 Å². The maximum Gasteiger partial charge on any atom is 0.316 e. The van der Waals surface area contributed by atoms with E-state index in [4.69, 9.17) is 0 Å². The summed E-state index contributed by atoms with van der Waals surface area (Å²) >= 11 is 0. The van der Waals surface area contributed by atoms with E-state index in [0.717, 1.165) is 12.1 Å². The van der Waals surface area contributed by atoms with Gasteiger partial charge in [0.1, 0.15) is 0 Å². The third-order valence-corrected chi connectivity index (χ3v) is 2.72. The van der Waals surface area contributed by atoms with Gasteiger partial charge in [0.05, 0.1) is 0 Å². The molecule has 1 aliphatic heterocycles. The molecule has 1 saturated heterocycles. The fourth-order valence-corrected chi connectivity index (χ4v) is 1.74. The molecule has 0 unspecified atom stereocenters. The topological polar surface area (TPSA) is 49.4 Å². The third-order valence-electron chi connectivity index (χ3n) is 2.72. The number of piperazine rings is 1. The van der Waals surface area contributed by atoms with Gasteiger partial charge in [-0.1, -0.05) is 19.1 Å². The molecule has 1 fully saturated rings. The first kappa shape index (κ1) is 10.7. The molecule has 2 rings (SSSR count). The average molecular weight is 218 g/mol. The lowest BCUT2D eigenvalue weighted by atomic mass is 10.1. The second kappa shape index (κ2) is 4.35. The molecule has 0 aromatic heterocycles. The van der Waals surface area contributed by atoms with Crippen molar-refractivity contribution in [1.29, 1.82) is 0 Å². The van der Waals surface area contributed by atoms with Gasteiger partial charge in [-0.25, -0.2) is 0 Å². The molecule has 0 spiro atoms. The van der Waals surface area contributed by atoms with Crippen molar-refractivity contribution >= 4 is 17.5 Å². The Bertz CT molecular complexity index is 412. The molecule has 1 N–H and O–H groups in total. The van der Waals surface area contributed by atoms with Crippen LogP contribution < -0.4 is 10.2 Å². The summed E-state index contributed by atoms with van der Waals surface area (Å²) in [7, 11) is 0. The average Bonchev–Trinajstić information content (AvgIpc) is 2.33. The molecule has 1 heterocycles. The largest absolute Gasteiger partial charge is 0.346 e. The van der Waals surface area contributed by atoms with E-state index in [0.29, 0.717) is 13.1 Å². The number of hydrogen-bond donors (Lipinski definition) is 1. The van der Waals surface area contributed by atoms with Gasteiger partial charge in [-0.2, -0.15) is 0 Å². The highest BCUT2D eigenvalue weighted by atomic mass is 16.2. The molecule has 1 aliphatic rings.